The first-order valence-corrected chi connectivity index (χ1v) is 12.4. The van der Waals surface area contributed by atoms with Crippen LogP contribution in [0.25, 0.3) is 0 Å². The van der Waals surface area contributed by atoms with E-state index in [9.17, 15) is 9.59 Å². The number of aryl methyl sites for hydroxylation is 1. The molecule has 1 heterocycles. The van der Waals surface area contributed by atoms with Gasteiger partial charge in [0.05, 0.1) is 18.8 Å². The number of thiophene rings is 1. The van der Waals surface area contributed by atoms with Crippen molar-refractivity contribution in [1.82, 2.24) is 5.32 Å². The minimum atomic E-state index is -0.349. The van der Waals surface area contributed by atoms with Crippen LogP contribution >= 0.6 is 23.6 Å². The van der Waals surface area contributed by atoms with Gasteiger partial charge in [-0.1, -0.05) is 19.8 Å². The molecule has 32 heavy (non-hydrogen) atoms. The van der Waals surface area contributed by atoms with Gasteiger partial charge in [0.1, 0.15) is 10.8 Å². The van der Waals surface area contributed by atoms with Crippen molar-refractivity contribution in [2.24, 2.45) is 0 Å². The van der Waals surface area contributed by atoms with Gasteiger partial charge < -0.3 is 14.8 Å². The number of nitrogens with one attached hydrogen (secondary N) is 2. The molecule has 0 unspecified atom stereocenters. The van der Waals surface area contributed by atoms with Gasteiger partial charge in [0, 0.05) is 10.4 Å². The molecule has 1 aromatic carbocycles. The van der Waals surface area contributed by atoms with Gasteiger partial charge in [-0.25, -0.2) is 4.79 Å². The third kappa shape index (κ3) is 6.29. The van der Waals surface area contributed by atoms with E-state index in [4.69, 9.17) is 21.7 Å². The fourth-order valence-corrected chi connectivity index (χ4v) is 5.17. The van der Waals surface area contributed by atoms with Crippen LogP contribution in [0.5, 0.6) is 5.75 Å². The van der Waals surface area contributed by atoms with E-state index in [2.05, 4.69) is 17.6 Å². The first-order valence-electron chi connectivity index (χ1n) is 11.2. The Kier molecular flexibility index (Phi) is 9.05. The summed E-state index contributed by atoms with van der Waals surface area (Å²) in [5.74, 6) is 0.0682. The van der Waals surface area contributed by atoms with E-state index < -0.39 is 0 Å². The van der Waals surface area contributed by atoms with Crippen LogP contribution in [0.3, 0.4) is 0 Å². The number of carbonyl (C=O) groups excluding carboxylic acids is 2. The Morgan fingerprint density at radius 1 is 1.09 bits per heavy atom. The number of rotatable bonds is 9. The molecule has 3 rings (SSSR count). The molecule has 0 radical (unpaired) electrons. The standard InChI is InChI=1S/C24H30N2O4S2/c1-3-5-8-15-30-17-13-11-16(12-14-17)21(27)25-24(31)26-22-20(23(28)29-4-2)18-9-6-7-10-19(18)32-22/h11-14H,3-10,15H2,1-2H3,(H2,25,26,27,31). The topological polar surface area (TPSA) is 76.7 Å². The largest absolute Gasteiger partial charge is 0.494 e. The minimum absolute atomic E-state index is 0.152. The normalized spacial score (nSPS) is 12.6. The van der Waals surface area contributed by atoms with Crippen LogP contribution in [-0.4, -0.2) is 30.2 Å². The zero-order valence-corrected chi connectivity index (χ0v) is 20.3. The first-order chi connectivity index (χ1) is 15.5. The highest BCUT2D eigenvalue weighted by Crippen LogP contribution is 2.38. The lowest BCUT2D eigenvalue weighted by atomic mass is 9.95. The molecule has 1 aliphatic carbocycles. The van der Waals surface area contributed by atoms with E-state index in [1.54, 1.807) is 31.2 Å². The van der Waals surface area contributed by atoms with Crippen molar-refractivity contribution in [3.63, 3.8) is 0 Å². The van der Waals surface area contributed by atoms with Crippen LogP contribution in [0.1, 0.15) is 77.1 Å². The monoisotopic (exact) mass is 474 g/mol. The second-order valence-corrected chi connectivity index (χ2v) is 9.14. The Morgan fingerprint density at radius 2 is 1.84 bits per heavy atom. The van der Waals surface area contributed by atoms with Crippen molar-refractivity contribution < 1.29 is 19.1 Å². The summed E-state index contributed by atoms with van der Waals surface area (Å²) in [5, 5.41) is 6.54. The van der Waals surface area contributed by atoms with Crippen molar-refractivity contribution in [1.29, 1.82) is 0 Å². The van der Waals surface area contributed by atoms with Gasteiger partial charge in [0.2, 0.25) is 0 Å². The average molecular weight is 475 g/mol. The van der Waals surface area contributed by atoms with Gasteiger partial charge in [-0.15, -0.1) is 11.3 Å². The Labute approximate surface area is 198 Å². The van der Waals surface area contributed by atoms with Crippen LogP contribution in [0, 0.1) is 0 Å². The summed E-state index contributed by atoms with van der Waals surface area (Å²) >= 11 is 6.87. The third-order valence-corrected chi connectivity index (χ3v) is 6.65. The molecule has 0 fully saturated rings. The van der Waals surface area contributed by atoms with E-state index >= 15 is 0 Å². The van der Waals surface area contributed by atoms with Gasteiger partial charge in [0.25, 0.3) is 5.91 Å². The number of ether oxygens (including phenoxy) is 2. The minimum Gasteiger partial charge on any atom is -0.494 e. The van der Waals surface area contributed by atoms with Crippen LogP contribution < -0.4 is 15.4 Å². The molecule has 1 aromatic heterocycles. The fraction of sp³-hybridized carbons (Fsp3) is 0.458. The van der Waals surface area contributed by atoms with Gasteiger partial charge in [-0.05, 0) is 81.1 Å². The molecule has 2 N–H and O–H groups in total. The number of esters is 1. The summed E-state index contributed by atoms with van der Waals surface area (Å²) in [7, 11) is 0. The number of hydrogen-bond acceptors (Lipinski definition) is 6. The summed E-state index contributed by atoms with van der Waals surface area (Å²) in [6.45, 7) is 4.91. The summed E-state index contributed by atoms with van der Waals surface area (Å²) in [6, 6.07) is 6.98. The molecule has 6 nitrogen and oxygen atoms in total. The quantitative estimate of drug-likeness (QED) is 0.284. The Balaban J connectivity index is 1.62. The lowest BCUT2D eigenvalue weighted by Gasteiger charge is -2.13. The molecule has 2 aromatic rings. The smallest absolute Gasteiger partial charge is 0.341 e. The number of benzene rings is 1. The SMILES string of the molecule is CCCCCOc1ccc(C(=O)NC(=S)Nc2sc3c(c2C(=O)OCC)CCCC3)cc1. The van der Waals surface area contributed by atoms with Gasteiger partial charge in [0.15, 0.2) is 5.11 Å². The van der Waals surface area contributed by atoms with E-state index in [1.165, 1.54) is 16.2 Å². The highest BCUT2D eigenvalue weighted by molar-refractivity contribution is 7.80. The zero-order chi connectivity index (χ0) is 22.9. The van der Waals surface area contributed by atoms with E-state index in [-0.39, 0.29) is 17.0 Å². The van der Waals surface area contributed by atoms with Gasteiger partial charge >= 0.3 is 5.97 Å². The average Bonchev–Trinajstić information content (AvgIpc) is 3.15. The summed E-state index contributed by atoms with van der Waals surface area (Å²) in [6.07, 6.45) is 7.25. The second kappa shape index (κ2) is 12.0. The van der Waals surface area contributed by atoms with Gasteiger partial charge in [-0.2, -0.15) is 0 Å². The molecule has 0 spiro atoms. The number of carbonyl (C=O) groups is 2. The molecule has 1 amide bonds. The fourth-order valence-electron chi connectivity index (χ4n) is 3.63. The van der Waals surface area contributed by atoms with Crippen molar-refractivity contribution in [3.05, 3.63) is 45.8 Å². The van der Waals surface area contributed by atoms with Crippen molar-refractivity contribution in [2.75, 3.05) is 18.5 Å². The molecule has 172 valence electrons. The van der Waals surface area contributed by atoms with E-state index in [1.807, 2.05) is 0 Å². The molecule has 0 saturated carbocycles. The van der Waals surface area contributed by atoms with Crippen molar-refractivity contribution in [3.8, 4) is 5.75 Å². The lowest BCUT2D eigenvalue weighted by Crippen LogP contribution is -2.34. The molecule has 0 aliphatic heterocycles. The van der Waals surface area contributed by atoms with Crippen molar-refractivity contribution >= 4 is 45.5 Å². The summed E-state index contributed by atoms with van der Waals surface area (Å²) < 4.78 is 10.9. The maximum Gasteiger partial charge on any atom is 0.341 e. The lowest BCUT2D eigenvalue weighted by molar-refractivity contribution is 0.0526. The van der Waals surface area contributed by atoms with Crippen LogP contribution in [0.4, 0.5) is 5.00 Å². The Bertz CT molecular complexity index is 954. The highest BCUT2D eigenvalue weighted by Gasteiger charge is 2.27. The number of thiocarbonyl (C=S) groups is 1. The Hall–Kier alpha value is -2.45. The van der Waals surface area contributed by atoms with Crippen LogP contribution in [0.2, 0.25) is 0 Å². The number of fused-ring (bicyclic) bond motifs is 1. The number of amides is 1. The summed E-state index contributed by atoms with van der Waals surface area (Å²) in [5.41, 5.74) is 2.07. The van der Waals surface area contributed by atoms with Crippen LogP contribution in [0.15, 0.2) is 24.3 Å². The maximum atomic E-state index is 12.6. The molecule has 8 heteroatoms. The van der Waals surface area contributed by atoms with E-state index in [0.717, 1.165) is 56.3 Å². The predicted octanol–water partition coefficient (Wildman–Crippen LogP) is 5.50. The Morgan fingerprint density at radius 3 is 2.56 bits per heavy atom. The van der Waals surface area contributed by atoms with E-state index in [0.29, 0.717) is 29.3 Å². The predicted molar refractivity (Wildman–Crippen MR) is 132 cm³/mol. The second-order valence-electron chi connectivity index (χ2n) is 7.62. The number of unbranched alkanes of at least 4 members (excludes halogenated alkanes) is 2. The summed E-state index contributed by atoms with van der Waals surface area (Å²) in [4.78, 5) is 26.4. The van der Waals surface area contributed by atoms with Crippen LogP contribution in [-0.2, 0) is 17.6 Å². The molecule has 1 aliphatic rings. The molecule has 0 bridgehead atoms. The molecule has 0 saturated heterocycles. The third-order valence-electron chi connectivity index (χ3n) is 5.24. The first kappa shape index (κ1) is 24.2. The number of hydrogen-bond donors (Lipinski definition) is 2. The maximum absolute atomic E-state index is 12.6. The number of anilines is 1. The van der Waals surface area contributed by atoms with Gasteiger partial charge in [-0.3, -0.25) is 10.1 Å². The van der Waals surface area contributed by atoms with Crippen molar-refractivity contribution in [2.45, 2.75) is 58.8 Å². The highest BCUT2D eigenvalue weighted by atomic mass is 32.1. The molecule has 0 atom stereocenters. The zero-order valence-electron chi connectivity index (χ0n) is 18.6. The molecular formula is C24H30N2O4S2. The molecular weight excluding hydrogens is 444 g/mol.